The fourth-order valence-corrected chi connectivity index (χ4v) is 7.04. The third kappa shape index (κ3) is 4.65. The summed E-state index contributed by atoms with van der Waals surface area (Å²) in [4.78, 5) is 5.12. The predicted molar refractivity (Wildman–Crippen MR) is 196 cm³/mol. The maximum atomic E-state index is 14.0. The molecule has 9 aromatic rings. The first-order valence-electron chi connectivity index (χ1n) is 15.9. The van der Waals surface area contributed by atoms with Crippen LogP contribution in [0.4, 0.5) is 4.39 Å². The molecule has 0 radical (unpaired) electrons. The monoisotopic (exact) mass is 601 g/mol. The zero-order valence-corrected chi connectivity index (χ0v) is 25.5. The second-order valence-corrected chi connectivity index (χ2v) is 12.1. The molecule has 0 fully saturated rings. The van der Waals surface area contributed by atoms with E-state index in [1.165, 1.54) is 55.9 Å². The summed E-state index contributed by atoms with van der Waals surface area (Å²) < 4.78 is 14.0. The van der Waals surface area contributed by atoms with E-state index >= 15 is 0 Å². The topological polar surface area (TPSA) is 12.9 Å². The number of rotatable bonds is 4. The van der Waals surface area contributed by atoms with E-state index in [1.807, 2.05) is 18.2 Å². The predicted octanol–water partition coefficient (Wildman–Crippen LogP) is 12.5. The molecule has 0 aliphatic heterocycles. The van der Waals surface area contributed by atoms with Gasteiger partial charge < -0.3 is 0 Å². The van der Waals surface area contributed by atoms with Gasteiger partial charge in [-0.2, -0.15) is 0 Å². The van der Waals surface area contributed by atoms with E-state index < -0.39 is 0 Å². The van der Waals surface area contributed by atoms with Crippen LogP contribution in [-0.2, 0) is 0 Å². The molecule has 0 saturated carbocycles. The molecule has 9 rings (SSSR count). The summed E-state index contributed by atoms with van der Waals surface area (Å²) in [6.45, 7) is 0. The van der Waals surface area contributed by atoms with Crippen LogP contribution in [0.3, 0.4) is 0 Å². The number of nitrogens with zero attached hydrogens (tertiary/aromatic N) is 1. The Morgan fingerprint density at radius 2 is 0.894 bits per heavy atom. The van der Waals surface area contributed by atoms with Crippen LogP contribution in [-0.4, -0.2) is 4.98 Å². The van der Waals surface area contributed by atoms with Crippen LogP contribution in [0.2, 0.25) is 0 Å². The fraction of sp³-hybridized carbons (Fsp3) is 0. The standard InChI is InChI=1S/C45H28FN/c46-35-26-24-34(25-27-35)45-42-28-41(38-11-3-4-12-39(38)44(42)40-13-5-6-15-43(40)47-45)33-22-18-30(19-23-33)29-16-20-32(21-17-29)37-14-7-9-31-8-1-2-10-36(31)37/h1-28H. The van der Waals surface area contributed by atoms with Gasteiger partial charge in [0.1, 0.15) is 5.82 Å². The largest absolute Gasteiger partial charge is 0.247 e. The molecule has 0 spiro atoms. The van der Waals surface area contributed by atoms with Gasteiger partial charge in [-0.05, 0) is 91.3 Å². The van der Waals surface area contributed by atoms with E-state index in [9.17, 15) is 4.39 Å². The number of benzene rings is 8. The lowest BCUT2D eigenvalue weighted by atomic mass is 9.89. The van der Waals surface area contributed by atoms with Crippen LogP contribution < -0.4 is 0 Å². The van der Waals surface area contributed by atoms with Crippen molar-refractivity contribution in [3.8, 4) is 44.6 Å². The van der Waals surface area contributed by atoms with Gasteiger partial charge in [-0.25, -0.2) is 9.37 Å². The lowest BCUT2D eigenvalue weighted by Crippen LogP contribution is -1.93. The molecule has 0 bridgehead atoms. The first kappa shape index (κ1) is 27.2. The molecule has 0 aliphatic rings. The zero-order chi connectivity index (χ0) is 31.3. The van der Waals surface area contributed by atoms with Gasteiger partial charge in [-0.1, -0.05) is 133 Å². The summed E-state index contributed by atoms with van der Waals surface area (Å²) in [5.74, 6) is -0.256. The quantitative estimate of drug-likeness (QED) is 0.183. The molecule has 1 heterocycles. The molecule has 0 N–H and O–H groups in total. The van der Waals surface area contributed by atoms with Crippen LogP contribution in [0.15, 0.2) is 170 Å². The Hall–Kier alpha value is -6.12. The second-order valence-electron chi connectivity index (χ2n) is 12.1. The Balaban J connectivity index is 1.17. The van der Waals surface area contributed by atoms with E-state index in [-0.39, 0.29) is 5.82 Å². The molecule has 1 nitrogen and oxygen atoms in total. The minimum atomic E-state index is -0.256. The Morgan fingerprint density at radius 3 is 1.62 bits per heavy atom. The number of hydrogen-bond donors (Lipinski definition) is 0. The minimum Gasteiger partial charge on any atom is -0.247 e. The summed E-state index contributed by atoms with van der Waals surface area (Å²) in [5, 5.41) is 8.21. The lowest BCUT2D eigenvalue weighted by molar-refractivity contribution is 0.628. The first-order chi connectivity index (χ1) is 23.2. The van der Waals surface area contributed by atoms with Crippen molar-refractivity contribution < 1.29 is 4.39 Å². The molecular formula is C45H28FN. The van der Waals surface area contributed by atoms with Crippen LogP contribution in [0.5, 0.6) is 0 Å². The highest BCUT2D eigenvalue weighted by Crippen LogP contribution is 2.42. The van der Waals surface area contributed by atoms with Crippen LogP contribution >= 0.6 is 0 Å². The number of hydrogen-bond acceptors (Lipinski definition) is 1. The van der Waals surface area contributed by atoms with Gasteiger partial charge in [0.2, 0.25) is 0 Å². The molecule has 220 valence electrons. The summed E-state index contributed by atoms with van der Waals surface area (Å²) in [5.41, 5.74) is 9.76. The fourth-order valence-electron chi connectivity index (χ4n) is 7.04. The number of halogens is 1. The highest BCUT2D eigenvalue weighted by Gasteiger charge is 2.17. The maximum Gasteiger partial charge on any atom is 0.123 e. The molecular weight excluding hydrogens is 574 g/mol. The van der Waals surface area contributed by atoms with Crippen molar-refractivity contribution >= 4 is 43.2 Å². The average Bonchev–Trinajstić information content (AvgIpc) is 3.14. The summed E-state index contributed by atoms with van der Waals surface area (Å²) in [6.07, 6.45) is 0. The van der Waals surface area contributed by atoms with Crippen LogP contribution in [0.25, 0.3) is 87.9 Å². The molecule has 0 atom stereocenters. The average molecular weight is 602 g/mol. The molecule has 8 aromatic carbocycles. The number of pyridine rings is 1. The number of fused-ring (bicyclic) bond motifs is 6. The first-order valence-corrected chi connectivity index (χ1v) is 15.9. The molecule has 47 heavy (non-hydrogen) atoms. The summed E-state index contributed by atoms with van der Waals surface area (Å²) >= 11 is 0. The van der Waals surface area contributed by atoms with Crippen molar-refractivity contribution in [3.05, 3.63) is 176 Å². The van der Waals surface area contributed by atoms with Crippen molar-refractivity contribution in [3.63, 3.8) is 0 Å². The Morgan fingerprint density at radius 1 is 0.362 bits per heavy atom. The van der Waals surface area contributed by atoms with Gasteiger partial charge in [0.05, 0.1) is 11.2 Å². The highest BCUT2D eigenvalue weighted by molar-refractivity contribution is 6.25. The van der Waals surface area contributed by atoms with Gasteiger partial charge in [-0.15, -0.1) is 0 Å². The zero-order valence-electron chi connectivity index (χ0n) is 25.5. The van der Waals surface area contributed by atoms with Crippen molar-refractivity contribution in [2.45, 2.75) is 0 Å². The van der Waals surface area contributed by atoms with Crippen molar-refractivity contribution in [2.75, 3.05) is 0 Å². The Bertz CT molecular complexity index is 2600. The van der Waals surface area contributed by atoms with Gasteiger partial charge in [-0.3, -0.25) is 0 Å². The van der Waals surface area contributed by atoms with Crippen molar-refractivity contribution in [2.24, 2.45) is 0 Å². The normalized spacial score (nSPS) is 11.5. The molecule has 1 aromatic heterocycles. The third-order valence-electron chi connectivity index (χ3n) is 9.34. The number of para-hydroxylation sites is 1. The minimum absolute atomic E-state index is 0.256. The molecule has 0 amide bonds. The van der Waals surface area contributed by atoms with E-state index in [4.69, 9.17) is 4.98 Å². The smallest absolute Gasteiger partial charge is 0.123 e. The van der Waals surface area contributed by atoms with Crippen LogP contribution in [0.1, 0.15) is 0 Å². The number of aromatic nitrogens is 1. The molecule has 2 heteroatoms. The van der Waals surface area contributed by atoms with Gasteiger partial charge in [0.25, 0.3) is 0 Å². The molecule has 0 saturated heterocycles. The third-order valence-corrected chi connectivity index (χ3v) is 9.34. The van der Waals surface area contributed by atoms with E-state index in [0.717, 1.165) is 44.1 Å². The van der Waals surface area contributed by atoms with Crippen molar-refractivity contribution in [1.82, 2.24) is 4.98 Å². The summed E-state index contributed by atoms with van der Waals surface area (Å²) in [6, 6.07) is 58.6. The summed E-state index contributed by atoms with van der Waals surface area (Å²) in [7, 11) is 0. The van der Waals surface area contributed by atoms with Crippen molar-refractivity contribution in [1.29, 1.82) is 0 Å². The van der Waals surface area contributed by atoms with E-state index in [0.29, 0.717) is 0 Å². The highest BCUT2D eigenvalue weighted by atomic mass is 19.1. The second kappa shape index (κ2) is 11.0. The Labute approximate surface area is 272 Å². The van der Waals surface area contributed by atoms with Gasteiger partial charge >= 0.3 is 0 Å². The SMILES string of the molecule is Fc1ccc(-c2nc3ccccc3c3c2cc(-c2ccc(-c4ccc(-c5cccc6ccccc56)cc4)cc2)c2ccccc23)cc1. The van der Waals surface area contributed by atoms with E-state index in [2.05, 4.69) is 140 Å². The van der Waals surface area contributed by atoms with E-state index in [1.54, 1.807) is 0 Å². The van der Waals surface area contributed by atoms with Gasteiger partial charge in [0.15, 0.2) is 0 Å². The van der Waals surface area contributed by atoms with Gasteiger partial charge in [0, 0.05) is 21.7 Å². The molecule has 0 aliphatic carbocycles. The van der Waals surface area contributed by atoms with Crippen LogP contribution in [0, 0.1) is 5.82 Å². The Kier molecular flexibility index (Phi) is 6.39. The maximum absolute atomic E-state index is 14.0. The lowest BCUT2D eigenvalue weighted by Gasteiger charge is -2.16. The molecule has 0 unspecified atom stereocenters.